The summed E-state index contributed by atoms with van der Waals surface area (Å²) in [5.41, 5.74) is 1.95. The maximum atomic E-state index is 12.4. The Kier molecular flexibility index (Phi) is 6.90. The molecule has 1 saturated heterocycles. The van der Waals surface area contributed by atoms with Crippen LogP contribution >= 0.6 is 23.1 Å². The molecule has 1 amide bonds. The molecule has 0 spiro atoms. The molecule has 1 aliphatic heterocycles. The number of hydrogen-bond donors (Lipinski definition) is 1. The van der Waals surface area contributed by atoms with Crippen LogP contribution in [-0.4, -0.2) is 47.7 Å². The number of nitrogens with zero attached hydrogens (tertiary/aromatic N) is 2. The Morgan fingerprint density at radius 3 is 3.00 bits per heavy atom. The summed E-state index contributed by atoms with van der Waals surface area (Å²) in [5, 5.41) is 5.01. The van der Waals surface area contributed by atoms with Gasteiger partial charge in [0.1, 0.15) is 10.0 Å². The van der Waals surface area contributed by atoms with Crippen molar-refractivity contribution >= 4 is 29.0 Å². The van der Waals surface area contributed by atoms with Crippen molar-refractivity contribution in [3.8, 4) is 0 Å². The molecular weight excluding hydrogens is 350 g/mol. The minimum absolute atomic E-state index is 0.0346. The van der Waals surface area contributed by atoms with Crippen LogP contribution in [0.3, 0.4) is 0 Å². The third-order valence-electron chi connectivity index (χ3n) is 4.51. The van der Waals surface area contributed by atoms with Crippen LogP contribution in [0.1, 0.15) is 35.3 Å². The highest BCUT2D eigenvalue weighted by molar-refractivity contribution is 8.00. The predicted octanol–water partition coefficient (Wildman–Crippen LogP) is 3.69. The zero-order valence-corrected chi connectivity index (χ0v) is 16.2. The van der Waals surface area contributed by atoms with E-state index in [0.29, 0.717) is 5.69 Å². The second-order valence-corrected chi connectivity index (χ2v) is 8.32. The Labute approximate surface area is 158 Å². The second kappa shape index (κ2) is 9.36. The molecule has 3 rings (SSSR count). The van der Waals surface area contributed by atoms with E-state index in [1.807, 2.05) is 11.6 Å². The summed E-state index contributed by atoms with van der Waals surface area (Å²) in [6.45, 7) is 3.17. The monoisotopic (exact) mass is 375 g/mol. The maximum Gasteiger partial charge on any atom is 0.271 e. The molecule has 0 saturated carbocycles. The quantitative estimate of drug-likeness (QED) is 0.750. The first-order valence-electron chi connectivity index (χ1n) is 8.81. The Morgan fingerprint density at radius 1 is 1.40 bits per heavy atom. The standard InChI is InChI=1S/C19H25N3OS2/c1-24-19-21-17(14-25-19)18(23)20-16-10-6-12-22(13-16)11-5-9-15-7-3-2-4-8-15/h2-4,7-8,14,16H,5-6,9-13H2,1H3,(H,20,23)/t16-/m0/s1. The predicted molar refractivity (Wildman–Crippen MR) is 106 cm³/mol. The lowest BCUT2D eigenvalue weighted by molar-refractivity contribution is 0.0898. The number of likely N-dealkylation sites (tertiary alicyclic amines) is 1. The molecule has 1 aromatic heterocycles. The lowest BCUT2D eigenvalue weighted by Gasteiger charge is -2.33. The summed E-state index contributed by atoms with van der Waals surface area (Å²) in [6, 6.07) is 10.9. The third-order valence-corrected chi connectivity index (χ3v) is 6.38. The molecular formula is C19H25N3OS2. The number of nitrogens with one attached hydrogen (secondary N) is 1. The maximum absolute atomic E-state index is 12.4. The van der Waals surface area contributed by atoms with Crippen molar-refractivity contribution in [1.29, 1.82) is 0 Å². The summed E-state index contributed by atoms with van der Waals surface area (Å²) in [6.07, 6.45) is 6.46. The number of carbonyl (C=O) groups is 1. The molecule has 1 atom stereocenters. The van der Waals surface area contributed by atoms with E-state index in [2.05, 4.69) is 45.5 Å². The molecule has 6 heteroatoms. The molecule has 0 aliphatic carbocycles. The van der Waals surface area contributed by atoms with Gasteiger partial charge in [-0.1, -0.05) is 42.1 Å². The molecule has 4 nitrogen and oxygen atoms in total. The van der Waals surface area contributed by atoms with Crippen molar-refractivity contribution in [3.05, 3.63) is 47.0 Å². The van der Waals surface area contributed by atoms with Crippen LogP contribution in [0.25, 0.3) is 0 Å². The van der Waals surface area contributed by atoms with Crippen LogP contribution in [0.2, 0.25) is 0 Å². The molecule has 0 radical (unpaired) electrons. The first-order chi connectivity index (χ1) is 12.2. The first-order valence-corrected chi connectivity index (χ1v) is 10.9. The van der Waals surface area contributed by atoms with E-state index < -0.39 is 0 Å². The Morgan fingerprint density at radius 2 is 2.24 bits per heavy atom. The van der Waals surface area contributed by atoms with Gasteiger partial charge in [0.15, 0.2) is 0 Å². The minimum Gasteiger partial charge on any atom is -0.347 e. The van der Waals surface area contributed by atoms with Gasteiger partial charge in [-0.25, -0.2) is 4.98 Å². The number of amides is 1. The van der Waals surface area contributed by atoms with E-state index in [4.69, 9.17) is 0 Å². The zero-order valence-electron chi connectivity index (χ0n) is 14.6. The van der Waals surface area contributed by atoms with Gasteiger partial charge < -0.3 is 10.2 Å². The molecule has 25 heavy (non-hydrogen) atoms. The average Bonchev–Trinajstić information content (AvgIpc) is 3.12. The van der Waals surface area contributed by atoms with E-state index in [1.54, 1.807) is 11.8 Å². The Bertz CT molecular complexity index is 674. The summed E-state index contributed by atoms with van der Waals surface area (Å²) in [5.74, 6) is -0.0346. The van der Waals surface area contributed by atoms with Crippen LogP contribution in [0.4, 0.5) is 0 Å². The number of piperidine rings is 1. The van der Waals surface area contributed by atoms with Crippen molar-refractivity contribution < 1.29 is 4.79 Å². The van der Waals surface area contributed by atoms with E-state index in [-0.39, 0.29) is 11.9 Å². The topological polar surface area (TPSA) is 45.2 Å². The summed E-state index contributed by atoms with van der Waals surface area (Å²) >= 11 is 3.11. The number of rotatable bonds is 7. The van der Waals surface area contributed by atoms with Gasteiger partial charge in [-0.05, 0) is 50.6 Å². The van der Waals surface area contributed by atoms with Crippen LogP contribution in [0.5, 0.6) is 0 Å². The molecule has 1 aliphatic rings. The van der Waals surface area contributed by atoms with Gasteiger partial charge in [0.05, 0.1) is 0 Å². The van der Waals surface area contributed by atoms with Crippen molar-refractivity contribution in [1.82, 2.24) is 15.2 Å². The summed E-state index contributed by atoms with van der Waals surface area (Å²) in [4.78, 5) is 19.2. The normalized spacial score (nSPS) is 18.2. The van der Waals surface area contributed by atoms with E-state index in [9.17, 15) is 4.79 Å². The molecule has 1 N–H and O–H groups in total. The highest BCUT2D eigenvalue weighted by Crippen LogP contribution is 2.20. The SMILES string of the molecule is CSc1nc(C(=O)N[C@H]2CCCN(CCCc3ccccc3)C2)cs1. The largest absolute Gasteiger partial charge is 0.347 e. The highest BCUT2D eigenvalue weighted by Gasteiger charge is 2.22. The van der Waals surface area contributed by atoms with Crippen LogP contribution < -0.4 is 5.32 Å². The fourth-order valence-electron chi connectivity index (χ4n) is 3.24. The van der Waals surface area contributed by atoms with Crippen molar-refractivity contribution in [2.24, 2.45) is 0 Å². The highest BCUT2D eigenvalue weighted by atomic mass is 32.2. The third kappa shape index (κ3) is 5.56. The van der Waals surface area contributed by atoms with Gasteiger partial charge >= 0.3 is 0 Å². The number of carbonyl (C=O) groups excluding carboxylic acids is 1. The zero-order chi connectivity index (χ0) is 17.5. The van der Waals surface area contributed by atoms with Gasteiger partial charge in [0.25, 0.3) is 5.91 Å². The number of benzene rings is 1. The molecule has 0 unspecified atom stereocenters. The lowest BCUT2D eigenvalue weighted by atomic mass is 10.0. The van der Waals surface area contributed by atoms with Crippen LogP contribution in [0, 0.1) is 0 Å². The van der Waals surface area contributed by atoms with E-state index in [1.165, 1.54) is 16.9 Å². The van der Waals surface area contributed by atoms with E-state index in [0.717, 1.165) is 49.7 Å². The Hall–Kier alpha value is -1.37. The van der Waals surface area contributed by atoms with Crippen LogP contribution in [0.15, 0.2) is 40.1 Å². The summed E-state index contributed by atoms with van der Waals surface area (Å²) < 4.78 is 0.941. The number of hydrogen-bond acceptors (Lipinski definition) is 5. The minimum atomic E-state index is -0.0346. The number of thiazole rings is 1. The number of aromatic nitrogens is 1. The van der Waals surface area contributed by atoms with Gasteiger partial charge in [-0.2, -0.15) is 0 Å². The smallest absolute Gasteiger partial charge is 0.271 e. The fraction of sp³-hybridized carbons (Fsp3) is 0.474. The second-order valence-electron chi connectivity index (χ2n) is 6.41. The molecule has 1 aromatic carbocycles. The molecule has 0 bridgehead atoms. The van der Waals surface area contributed by atoms with Crippen molar-refractivity contribution in [3.63, 3.8) is 0 Å². The van der Waals surface area contributed by atoms with Crippen molar-refractivity contribution in [2.45, 2.75) is 36.1 Å². The van der Waals surface area contributed by atoms with Crippen molar-refractivity contribution in [2.75, 3.05) is 25.9 Å². The van der Waals surface area contributed by atoms with Gasteiger partial charge in [-0.15, -0.1) is 11.3 Å². The molecule has 2 aromatic rings. The molecule has 2 heterocycles. The van der Waals surface area contributed by atoms with Gasteiger partial charge in [0, 0.05) is 18.0 Å². The molecule has 1 fully saturated rings. The summed E-state index contributed by atoms with van der Waals surface area (Å²) in [7, 11) is 0. The van der Waals surface area contributed by atoms with Gasteiger partial charge in [-0.3, -0.25) is 4.79 Å². The number of thioether (sulfide) groups is 1. The van der Waals surface area contributed by atoms with Crippen LogP contribution in [-0.2, 0) is 6.42 Å². The average molecular weight is 376 g/mol. The first kappa shape index (κ1) is 18.4. The van der Waals surface area contributed by atoms with E-state index >= 15 is 0 Å². The Balaban J connectivity index is 1.43. The van der Waals surface area contributed by atoms with Gasteiger partial charge in [0.2, 0.25) is 0 Å². The fourth-order valence-corrected chi connectivity index (χ4v) is 4.48. The number of aryl methyl sites for hydroxylation is 1. The molecule has 134 valence electrons. The lowest BCUT2D eigenvalue weighted by Crippen LogP contribution is -2.48.